The molecule has 1 aromatic heterocycles. The van der Waals surface area contributed by atoms with Gasteiger partial charge >= 0.3 is 0 Å². The topological polar surface area (TPSA) is 63.1 Å². The molecule has 0 saturated carbocycles. The van der Waals surface area contributed by atoms with E-state index in [9.17, 15) is 13.6 Å². The van der Waals surface area contributed by atoms with Gasteiger partial charge in [-0.15, -0.1) is 10.2 Å². The van der Waals surface area contributed by atoms with Crippen LogP contribution in [0.2, 0.25) is 0 Å². The Balaban J connectivity index is 1.58. The van der Waals surface area contributed by atoms with Crippen LogP contribution in [0.1, 0.15) is 26.2 Å². The lowest BCUT2D eigenvalue weighted by Crippen LogP contribution is -2.31. The molecule has 1 N–H and O–H groups in total. The highest BCUT2D eigenvalue weighted by Crippen LogP contribution is 2.31. The van der Waals surface area contributed by atoms with Crippen LogP contribution >= 0.6 is 11.8 Å². The number of benzene rings is 2. The summed E-state index contributed by atoms with van der Waals surface area (Å²) < 4.78 is 29.3. The summed E-state index contributed by atoms with van der Waals surface area (Å²) in [6, 6.07) is 12.7. The predicted octanol–water partition coefficient (Wildman–Crippen LogP) is 4.66. The third-order valence-electron chi connectivity index (χ3n) is 5.11. The molecule has 31 heavy (non-hydrogen) atoms. The van der Waals surface area contributed by atoms with E-state index in [2.05, 4.69) is 20.4 Å². The van der Waals surface area contributed by atoms with Gasteiger partial charge in [0.25, 0.3) is 0 Å². The van der Waals surface area contributed by atoms with Crippen molar-refractivity contribution in [3.63, 3.8) is 0 Å². The molecule has 1 aliphatic heterocycles. The molecule has 0 radical (unpaired) electrons. The van der Waals surface area contributed by atoms with Crippen molar-refractivity contribution in [2.24, 2.45) is 0 Å². The molecule has 1 unspecified atom stereocenters. The van der Waals surface area contributed by atoms with Crippen molar-refractivity contribution in [1.82, 2.24) is 14.8 Å². The summed E-state index contributed by atoms with van der Waals surface area (Å²) in [7, 11) is 0. The Morgan fingerprint density at radius 2 is 1.81 bits per heavy atom. The smallest absolute Gasteiger partial charge is 0.237 e. The Bertz CT molecular complexity index is 1050. The first-order valence-corrected chi connectivity index (χ1v) is 11.1. The highest BCUT2D eigenvalue weighted by molar-refractivity contribution is 8.00. The fourth-order valence-electron chi connectivity index (χ4n) is 3.48. The summed E-state index contributed by atoms with van der Waals surface area (Å²) in [6.45, 7) is 3.51. The molecule has 1 atom stereocenters. The van der Waals surface area contributed by atoms with E-state index >= 15 is 0 Å². The van der Waals surface area contributed by atoms with Crippen molar-refractivity contribution in [1.29, 1.82) is 0 Å². The van der Waals surface area contributed by atoms with Crippen molar-refractivity contribution in [3.05, 3.63) is 60.2 Å². The maximum atomic E-state index is 13.9. The number of carbonyl (C=O) groups is 1. The lowest BCUT2D eigenvalue weighted by molar-refractivity contribution is -0.115. The standard InChI is InChI=1S/C22H23F2N5OS/c1-15(20(30)25-19-14-16(23)10-11-18(19)24)31-22-27-26-21(28-12-6-3-7-13-28)29(22)17-8-4-2-5-9-17/h2,4-5,8-11,14-15H,3,6-7,12-13H2,1H3,(H,25,30). The zero-order chi connectivity index (χ0) is 21.8. The average Bonchev–Trinajstić information content (AvgIpc) is 3.21. The van der Waals surface area contributed by atoms with Crippen LogP contribution in [-0.4, -0.2) is 39.0 Å². The number of anilines is 2. The fraction of sp³-hybridized carbons (Fsp3) is 0.318. The molecular weight excluding hydrogens is 420 g/mol. The molecular formula is C22H23F2N5OS. The maximum absolute atomic E-state index is 13.9. The third-order valence-corrected chi connectivity index (χ3v) is 6.15. The number of para-hydroxylation sites is 1. The van der Waals surface area contributed by atoms with Gasteiger partial charge in [-0.25, -0.2) is 8.78 Å². The molecule has 3 aromatic rings. The highest BCUT2D eigenvalue weighted by Gasteiger charge is 2.25. The van der Waals surface area contributed by atoms with Crippen molar-refractivity contribution < 1.29 is 13.6 Å². The van der Waals surface area contributed by atoms with Gasteiger partial charge in [-0.05, 0) is 50.5 Å². The molecule has 0 spiro atoms. The van der Waals surface area contributed by atoms with Gasteiger partial charge in [0.2, 0.25) is 11.9 Å². The molecule has 2 aromatic carbocycles. The van der Waals surface area contributed by atoms with E-state index in [1.165, 1.54) is 18.2 Å². The van der Waals surface area contributed by atoms with Gasteiger partial charge in [0, 0.05) is 19.2 Å². The lowest BCUT2D eigenvalue weighted by Gasteiger charge is -2.28. The van der Waals surface area contributed by atoms with Crippen molar-refractivity contribution >= 4 is 29.3 Å². The Morgan fingerprint density at radius 3 is 2.55 bits per heavy atom. The number of hydrogen-bond acceptors (Lipinski definition) is 5. The van der Waals surface area contributed by atoms with Gasteiger partial charge in [-0.2, -0.15) is 0 Å². The minimum absolute atomic E-state index is 0.184. The average molecular weight is 444 g/mol. The highest BCUT2D eigenvalue weighted by atomic mass is 32.2. The van der Waals surface area contributed by atoms with E-state index in [1.807, 2.05) is 34.9 Å². The lowest BCUT2D eigenvalue weighted by atomic mass is 10.1. The van der Waals surface area contributed by atoms with Crippen LogP contribution < -0.4 is 10.2 Å². The number of aromatic nitrogens is 3. The number of nitrogens with one attached hydrogen (secondary N) is 1. The first kappa shape index (κ1) is 21.3. The van der Waals surface area contributed by atoms with Crippen LogP contribution in [0.3, 0.4) is 0 Å². The normalized spacial score (nSPS) is 15.0. The second-order valence-corrected chi connectivity index (χ2v) is 8.68. The molecule has 1 saturated heterocycles. The molecule has 162 valence electrons. The second-order valence-electron chi connectivity index (χ2n) is 7.37. The Labute approximate surface area is 183 Å². The molecule has 0 aliphatic carbocycles. The zero-order valence-corrected chi connectivity index (χ0v) is 17.9. The largest absolute Gasteiger partial charge is 0.341 e. The minimum atomic E-state index is -0.688. The Morgan fingerprint density at radius 1 is 1.06 bits per heavy atom. The van der Waals surface area contributed by atoms with Gasteiger partial charge in [-0.3, -0.25) is 9.36 Å². The summed E-state index contributed by atoms with van der Waals surface area (Å²) in [5, 5.41) is 11.2. The van der Waals surface area contributed by atoms with E-state index in [1.54, 1.807) is 6.92 Å². The summed E-state index contributed by atoms with van der Waals surface area (Å²) in [5.41, 5.74) is 0.718. The third kappa shape index (κ3) is 4.87. The number of halogens is 2. The molecule has 6 nitrogen and oxygen atoms in total. The molecule has 1 aliphatic rings. The zero-order valence-electron chi connectivity index (χ0n) is 17.1. The number of amides is 1. The quantitative estimate of drug-likeness (QED) is 0.562. The first-order chi connectivity index (χ1) is 15.0. The van der Waals surface area contributed by atoms with E-state index in [4.69, 9.17) is 0 Å². The molecule has 4 rings (SSSR count). The van der Waals surface area contributed by atoms with Crippen LogP contribution in [0, 0.1) is 11.6 Å². The summed E-state index contributed by atoms with van der Waals surface area (Å²) >= 11 is 1.22. The van der Waals surface area contributed by atoms with Crippen molar-refractivity contribution in [3.8, 4) is 5.69 Å². The molecule has 1 fully saturated rings. The van der Waals surface area contributed by atoms with E-state index in [-0.39, 0.29) is 5.69 Å². The van der Waals surface area contributed by atoms with Crippen LogP contribution in [0.15, 0.2) is 53.7 Å². The first-order valence-electron chi connectivity index (χ1n) is 10.2. The van der Waals surface area contributed by atoms with Gasteiger partial charge < -0.3 is 10.2 Å². The number of rotatable bonds is 6. The molecule has 9 heteroatoms. The summed E-state index contributed by atoms with van der Waals surface area (Å²) in [6.07, 6.45) is 3.40. The van der Waals surface area contributed by atoms with Crippen LogP contribution in [-0.2, 0) is 4.79 Å². The maximum Gasteiger partial charge on any atom is 0.237 e. The van der Waals surface area contributed by atoms with E-state index < -0.39 is 22.8 Å². The van der Waals surface area contributed by atoms with Crippen molar-refractivity contribution in [2.45, 2.75) is 36.6 Å². The van der Waals surface area contributed by atoms with Crippen LogP contribution in [0.25, 0.3) is 5.69 Å². The predicted molar refractivity (Wildman–Crippen MR) is 118 cm³/mol. The Hall–Kier alpha value is -2.94. The summed E-state index contributed by atoms with van der Waals surface area (Å²) in [4.78, 5) is 14.9. The molecule has 1 amide bonds. The van der Waals surface area contributed by atoms with Crippen LogP contribution in [0.5, 0.6) is 0 Å². The second kappa shape index (κ2) is 9.47. The fourth-order valence-corrected chi connectivity index (χ4v) is 4.34. The van der Waals surface area contributed by atoms with E-state index in [0.29, 0.717) is 5.16 Å². The monoisotopic (exact) mass is 443 g/mol. The Kier molecular flexibility index (Phi) is 6.50. The number of thioether (sulfide) groups is 1. The van der Waals surface area contributed by atoms with Gasteiger partial charge in [0.05, 0.1) is 16.6 Å². The number of hydrogen-bond donors (Lipinski definition) is 1. The van der Waals surface area contributed by atoms with Crippen molar-refractivity contribution in [2.75, 3.05) is 23.3 Å². The molecule has 2 heterocycles. The minimum Gasteiger partial charge on any atom is -0.341 e. The SMILES string of the molecule is CC(Sc1nnc(N2CCCCC2)n1-c1ccccc1)C(=O)Nc1cc(F)ccc1F. The summed E-state index contributed by atoms with van der Waals surface area (Å²) in [5.74, 6) is -1.01. The molecule has 0 bridgehead atoms. The van der Waals surface area contributed by atoms with E-state index in [0.717, 1.165) is 55.8 Å². The van der Waals surface area contributed by atoms with Gasteiger partial charge in [0.15, 0.2) is 5.16 Å². The number of carbonyl (C=O) groups excluding carboxylic acids is 1. The van der Waals surface area contributed by atoms with Gasteiger partial charge in [0.1, 0.15) is 11.6 Å². The van der Waals surface area contributed by atoms with Gasteiger partial charge in [-0.1, -0.05) is 30.0 Å². The number of piperidine rings is 1. The van der Waals surface area contributed by atoms with Crippen LogP contribution in [0.4, 0.5) is 20.4 Å². The number of nitrogens with zero attached hydrogens (tertiary/aromatic N) is 4.